The molecule has 2 aliphatic rings. The van der Waals surface area contributed by atoms with Gasteiger partial charge in [-0.05, 0) is 84.8 Å². The second kappa shape index (κ2) is 7.55. The maximum Gasteiger partial charge on any atom is 0.586 e. The second-order valence-corrected chi connectivity index (χ2v) is 8.68. The topological polar surface area (TPSA) is 84.9 Å². The Hall–Kier alpha value is -3.94. The van der Waals surface area contributed by atoms with E-state index in [2.05, 4.69) is 14.8 Å². The van der Waals surface area contributed by atoms with Crippen molar-refractivity contribution in [3.05, 3.63) is 76.9 Å². The first-order chi connectivity index (χ1) is 16.1. The minimum Gasteiger partial charge on any atom is -0.478 e. The number of amides is 1. The third-order valence-corrected chi connectivity index (χ3v) is 6.49. The zero-order chi connectivity index (χ0) is 24.3. The standard InChI is InChI=1S/C26H21F2NO5/c1-14-6-8-17(13-20(14)18-4-3-5-19(15(18)2)23(30)31)29-24(32)25(10-11-25)16-7-9-21-22(12-16)34-26(27,28)33-21/h3-9,12-13H,10-11H2,1-2H3,(H,29,32)(H,30,31). The number of rotatable bonds is 5. The predicted octanol–water partition coefficient (Wildman–Crippen LogP) is 5.66. The highest BCUT2D eigenvalue weighted by atomic mass is 19.3. The number of aryl methyl sites for hydroxylation is 1. The largest absolute Gasteiger partial charge is 0.586 e. The fraction of sp³-hybridized carbons (Fsp3) is 0.231. The molecular formula is C26H21F2NO5. The number of hydrogen-bond donors (Lipinski definition) is 2. The van der Waals surface area contributed by atoms with Crippen molar-refractivity contribution < 1.29 is 33.0 Å². The van der Waals surface area contributed by atoms with E-state index in [0.29, 0.717) is 29.7 Å². The summed E-state index contributed by atoms with van der Waals surface area (Å²) >= 11 is 0. The molecule has 34 heavy (non-hydrogen) atoms. The Labute approximate surface area is 194 Å². The Morgan fingerprint density at radius 2 is 1.68 bits per heavy atom. The predicted molar refractivity (Wildman–Crippen MR) is 120 cm³/mol. The lowest BCUT2D eigenvalue weighted by molar-refractivity contribution is -0.286. The summed E-state index contributed by atoms with van der Waals surface area (Å²) < 4.78 is 35.7. The van der Waals surface area contributed by atoms with E-state index in [1.54, 1.807) is 31.2 Å². The normalized spacial score (nSPS) is 16.7. The molecule has 5 rings (SSSR count). The lowest BCUT2D eigenvalue weighted by Gasteiger charge is -2.18. The summed E-state index contributed by atoms with van der Waals surface area (Å²) in [6.07, 6.45) is -2.56. The molecule has 0 atom stereocenters. The number of halogens is 2. The third-order valence-electron chi connectivity index (χ3n) is 6.49. The average molecular weight is 465 g/mol. The molecule has 1 aliphatic heterocycles. The number of carbonyl (C=O) groups excluding carboxylic acids is 1. The number of nitrogens with one attached hydrogen (secondary N) is 1. The fourth-order valence-corrected chi connectivity index (χ4v) is 4.42. The van der Waals surface area contributed by atoms with E-state index in [9.17, 15) is 23.5 Å². The number of alkyl halides is 2. The molecule has 1 amide bonds. The molecule has 2 N–H and O–H groups in total. The average Bonchev–Trinajstić information content (AvgIpc) is 3.52. The van der Waals surface area contributed by atoms with Crippen LogP contribution in [0.1, 0.15) is 39.9 Å². The molecule has 3 aromatic rings. The van der Waals surface area contributed by atoms with Crippen LogP contribution in [0.4, 0.5) is 14.5 Å². The third kappa shape index (κ3) is 3.65. The van der Waals surface area contributed by atoms with Crippen LogP contribution in [0.3, 0.4) is 0 Å². The number of carboxylic acids is 1. The molecule has 0 saturated heterocycles. The monoisotopic (exact) mass is 465 g/mol. The Morgan fingerprint density at radius 3 is 2.38 bits per heavy atom. The van der Waals surface area contributed by atoms with Crippen molar-refractivity contribution in [2.75, 3.05) is 5.32 Å². The van der Waals surface area contributed by atoms with Gasteiger partial charge in [0, 0.05) is 5.69 Å². The fourth-order valence-electron chi connectivity index (χ4n) is 4.42. The summed E-state index contributed by atoms with van der Waals surface area (Å²) in [7, 11) is 0. The van der Waals surface area contributed by atoms with Crippen LogP contribution in [-0.2, 0) is 10.2 Å². The minimum absolute atomic E-state index is 0.0629. The van der Waals surface area contributed by atoms with Gasteiger partial charge in [-0.15, -0.1) is 8.78 Å². The summed E-state index contributed by atoms with van der Waals surface area (Å²) in [5.74, 6) is -1.40. The minimum atomic E-state index is -3.71. The van der Waals surface area contributed by atoms with Gasteiger partial charge in [0.15, 0.2) is 11.5 Å². The summed E-state index contributed by atoms with van der Waals surface area (Å²) in [5.41, 5.74) is 3.68. The quantitative estimate of drug-likeness (QED) is 0.508. The van der Waals surface area contributed by atoms with Crippen molar-refractivity contribution in [2.45, 2.75) is 38.4 Å². The van der Waals surface area contributed by atoms with Gasteiger partial charge in [-0.25, -0.2) is 4.79 Å². The second-order valence-electron chi connectivity index (χ2n) is 8.68. The van der Waals surface area contributed by atoms with E-state index in [-0.39, 0.29) is 23.0 Å². The van der Waals surface area contributed by atoms with Crippen LogP contribution in [0, 0.1) is 13.8 Å². The molecule has 8 heteroatoms. The number of carboxylic acid groups (broad SMARTS) is 1. The van der Waals surface area contributed by atoms with E-state index in [0.717, 1.165) is 16.7 Å². The first kappa shape index (κ1) is 21.9. The molecule has 0 aromatic heterocycles. The molecule has 6 nitrogen and oxygen atoms in total. The summed E-state index contributed by atoms with van der Waals surface area (Å²) in [6.45, 7) is 3.67. The molecule has 1 saturated carbocycles. The summed E-state index contributed by atoms with van der Waals surface area (Å²) in [6, 6.07) is 15.0. The molecule has 1 aliphatic carbocycles. The van der Waals surface area contributed by atoms with E-state index in [4.69, 9.17) is 0 Å². The lowest BCUT2D eigenvalue weighted by atomic mass is 9.92. The molecule has 0 bridgehead atoms. The van der Waals surface area contributed by atoms with Gasteiger partial charge in [-0.3, -0.25) is 4.79 Å². The first-order valence-electron chi connectivity index (χ1n) is 10.8. The van der Waals surface area contributed by atoms with Crippen molar-refractivity contribution >= 4 is 17.6 Å². The van der Waals surface area contributed by atoms with Gasteiger partial charge in [0.25, 0.3) is 0 Å². The zero-order valence-corrected chi connectivity index (χ0v) is 18.4. The van der Waals surface area contributed by atoms with Crippen molar-refractivity contribution in [1.82, 2.24) is 0 Å². The molecule has 174 valence electrons. The Morgan fingerprint density at radius 1 is 0.941 bits per heavy atom. The van der Waals surface area contributed by atoms with E-state index in [1.807, 2.05) is 25.1 Å². The lowest BCUT2D eigenvalue weighted by Crippen LogP contribution is -2.28. The van der Waals surface area contributed by atoms with Gasteiger partial charge in [-0.2, -0.15) is 0 Å². The number of hydrogen-bond acceptors (Lipinski definition) is 4. The smallest absolute Gasteiger partial charge is 0.478 e. The van der Waals surface area contributed by atoms with Crippen LogP contribution in [0.25, 0.3) is 11.1 Å². The Kier molecular flexibility index (Phi) is 4.86. The number of benzene rings is 3. The highest BCUT2D eigenvalue weighted by Crippen LogP contribution is 2.52. The molecule has 1 fully saturated rings. The zero-order valence-electron chi connectivity index (χ0n) is 18.4. The van der Waals surface area contributed by atoms with Crippen LogP contribution in [0.2, 0.25) is 0 Å². The molecule has 1 heterocycles. The van der Waals surface area contributed by atoms with Crippen molar-refractivity contribution in [1.29, 1.82) is 0 Å². The van der Waals surface area contributed by atoms with Crippen LogP contribution in [-0.4, -0.2) is 23.3 Å². The first-order valence-corrected chi connectivity index (χ1v) is 10.8. The van der Waals surface area contributed by atoms with Crippen LogP contribution < -0.4 is 14.8 Å². The number of anilines is 1. The Balaban J connectivity index is 1.43. The molecule has 0 radical (unpaired) electrons. The number of carbonyl (C=O) groups is 2. The van der Waals surface area contributed by atoms with Crippen LogP contribution in [0.15, 0.2) is 54.6 Å². The van der Waals surface area contributed by atoms with E-state index < -0.39 is 17.7 Å². The van der Waals surface area contributed by atoms with Gasteiger partial charge in [0.05, 0.1) is 11.0 Å². The van der Waals surface area contributed by atoms with Gasteiger partial charge in [0.2, 0.25) is 5.91 Å². The number of ether oxygens (including phenoxy) is 2. The van der Waals surface area contributed by atoms with Gasteiger partial charge >= 0.3 is 12.3 Å². The highest BCUT2D eigenvalue weighted by Gasteiger charge is 2.52. The van der Waals surface area contributed by atoms with Gasteiger partial charge in [-0.1, -0.05) is 24.3 Å². The summed E-state index contributed by atoms with van der Waals surface area (Å²) in [5, 5.41) is 12.4. The molecule has 0 unspecified atom stereocenters. The summed E-state index contributed by atoms with van der Waals surface area (Å²) in [4.78, 5) is 24.8. The van der Waals surface area contributed by atoms with Gasteiger partial charge in [0.1, 0.15) is 0 Å². The van der Waals surface area contributed by atoms with Crippen molar-refractivity contribution in [2.24, 2.45) is 0 Å². The van der Waals surface area contributed by atoms with Crippen molar-refractivity contribution in [3.63, 3.8) is 0 Å². The maximum atomic E-state index is 13.4. The SMILES string of the molecule is Cc1ccc(NC(=O)C2(c3ccc4c(c3)OC(F)(F)O4)CC2)cc1-c1cccc(C(=O)O)c1C. The van der Waals surface area contributed by atoms with E-state index >= 15 is 0 Å². The highest BCUT2D eigenvalue weighted by molar-refractivity contribution is 6.02. The van der Waals surface area contributed by atoms with Crippen molar-refractivity contribution in [3.8, 4) is 22.6 Å². The Bertz CT molecular complexity index is 1350. The maximum absolute atomic E-state index is 13.4. The molecular weight excluding hydrogens is 444 g/mol. The van der Waals surface area contributed by atoms with Gasteiger partial charge < -0.3 is 19.9 Å². The van der Waals surface area contributed by atoms with Crippen LogP contribution in [0.5, 0.6) is 11.5 Å². The molecule has 0 spiro atoms. The number of aromatic carboxylic acids is 1. The van der Waals surface area contributed by atoms with E-state index in [1.165, 1.54) is 12.1 Å². The van der Waals surface area contributed by atoms with Crippen LogP contribution >= 0.6 is 0 Å². The molecule has 3 aromatic carbocycles. The number of fused-ring (bicyclic) bond motifs is 1.